The Labute approximate surface area is 152 Å². The Balaban J connectivity index is 2.05. The third kappa shape index (κ3) is 5.27. The summed E-state index contributed by atoms with van der Waals surface area (Å²) in [6, 6.07) is 10.9. The van der Waals surface area contributed by atoms with E-state index < -0.39 is 11.6 Å². The lowest BCUT2D eigenvalue weighted by atomic mass is 10.1. The van der Waals surface area contributed by atoms with Gasteiger partial charge in [-0.1, -0.05) is 6.07 Å². The number of nitrogens with zero attached hydrogens (tertiary/aromatic N) is 2. The van der Waals surface area contributed by atoms with Gasteiger partial charge in [-0.15, -0.1) is 0 Å². The second kappa shape index (κ2) is 8.42. The molecule has 26 heavy (non-hydrogen) atoms. The SMILES string of the molecule is CCOC(=O)C(C)(C)Oc1ccc(-c2ccc(CC[N+](=O)[O-])cn2)cc1. The van der Waals surface area contributed by atoms with E-state index in [-0.39, 0.29) is 11.5 Å². The Morgan fingerprint density at radius 3 is 2.42 bits per heavy atom. The van der Waals surface area contributed by atoms with Crippen molar-refractivity contribution in [3.63, 3.8) is 0 Å². The lowest BCUT2D eigenvalue weighted by Crippen LogP contribution is -2.39. The molecule has 1 aromatic carbocycles. The Morgan fingerprint density at radius 2 is 1.88 bits per heavy atom. The smallest absolute Gasteiger partial charge is 0.349 e. The van der Waals surface area contributed by atoms with Crippen molar-refractivity contribution >= 4 is 5.97 Å². The van der Waals surface area contributed by atoms with Crippen molar-refractivity contribution in [2.24, 2.45) is 0 Å². The van der Waals surface area contributed by atoms with Crippen LogP contribution in [-0.4, -0.2) is 34.6 Å². The average molecular weight is 358 g/mol. The average Bonchev–Trinajstić information content (AvgIpc) is 2.61. The minimum absolute atomic E-state index is 0.108. The molecule has 0 N–H and O–H groups in total. The van der Waals surface area contributed by atoms with E-state index in [4.69, 9.17) is 9.47 Å². The zero-order chi connectivity index (χ0) is 19.2. The van der Waals surface area contributed by atoms with E-state index in [2.05, 4.69) is 4.98 Å². The first-order chi connectivity index (χ1) is 12.3. The molecule has 0 saturated heterocycles. The van der Waals surface area contributed by atoms with Crippen LogP contribution in [0, 0.1) is 10.1 Å². The number of benzene rings is 1. The van der Waals surface area contributed by atoms with Gasteiger partial charge in [0, 0.05) is 23.1 Å². The molecule has 0 radical (unpaired) electrons. The molecule has 0 aliphatic carbocycles. The van der Waals surface area contributed by atoms with Crippen LogP contribution in [0.1, 0.15) is 26.3 Å². The fourth-order valence-corrected chi connectivity index (χ4v) is 2.30. The molecule has 0 aliphatic rings. The van der Waals surface area contributed by atoms with E-state index in [1.54, 1.807) is 39.1 Å². The maximum atomic E-state index is 11.9. The zero-order valence-electron chi connectivity index (χ0n) is 15.1. The zero-order valence-corrected chi connectivity index (χ0v) is 15.1. The molecule has 0 aliphatic heterocycles. The highest BCUT2D eigenvalue weighted by Gasteiger charge is 2.31. The van der Waals surface area contributed by atoms with Crippen molar-refractivity contribution in [3.05, 3.63) is 58.3 Å². The van der Waals surface area contributed by atoms with Gasteiger partial charge in [-0.25, -0.2) is 4.79 Å². The number of carbonyl (C=O) groups excluding carboxylic acids is 1. The number of rotatable bonds is 8. The van der Waals surface area contributed by atoms with Gasteiger partial charge in [0.2, 0.25) is 6.54 Å². The summed E-state index contributed by atoms with van der Waals surface area (Å²) in [7, 11) is 0. The highest BCUT2D eigenvalue weighted by atomic mass is 16.6. The summed E-state index contributed by atoms with van der Waals surface area (Å²) in [6.07, 6.45) is 2.00. The van der Waals surface area contributed by atoms with Crippen molar-refractivity contribution in [3.8, 4) is 17.0 Å². The first-order valence-corrected chi connectivity index (χ1v) is 8.35. The van der Waals surface area contributed by atoms with Crippen molar-refractivity contribution in [2.75, 3.05) is 13.2 Å². The molecule has 0 bridgehead atoms. The van der Waals surface area contributed by atoms with Crippen LogP contribution in [-0.2, 0) is 16.0 Å². The van der Waals surface area contributed by atoms with Crippen LogP contribution >= 0.6 is 0 Å². The Morgan fingerprint density at radius 1 is 1.19 bits per heavy atom. The van der Waals surface area contributed by atoms with E-state index in [0.717, 1.165) is 16.8 Å². The molecular formula is C19H22N2O5. The molecule has 138 valence electrons. The first-order valence-electron chi connectivity index (χ1n) is 8.35. The van der Waals surface area contributed by atoms with Crippen LogP contribution in [0.25, 0.3) is 11.3 Å². The number of hydrogen-bond donors (Lipinski definition) is 0. The van der Waals surface area contributed by atoms with Gasteiger partial charge in [0.1, 0.15) is 5.75 Å². The number of aromatic nitrogens is 1. The van der Waals surface area contributed by atoms with E-state index in [1.165, 1.54) is 0 Å². The molecule has 0 amide bonds. The fourth-order valence-electron chi connectivity index (χ4n) is 2.30. The highest BCUT2D eigenvalue weighted by molar-refractivity contribution is 5.79. The van der Waals surface area contributed by atoms with Gasteiger partial charge in [0.05, 0.1) is 12.3 Å². The molecule has 0 unspecified atom stereocenters. The third-order valence-electron chi connectivity index (χ3n) is 3.70. The van der Waals surface area contributed by atoms with Crippen molar-refractivity contribution in [2.45, 2.75) is 32.8 Å². The summed E-state index contributed by atoms with van der Waals surface area (Å²) >= 11 is 0. The second-order valence-corrected chi connectivity index (χ2v) is 6.22. The Bertz CT molecular complexity index is 755. The summed E-state index contributed by atoms with van der Waals surface area (Å²) < 4.78 is 10.7. The number of nitro groups is 1. The normalized spacial score (nSPS) is 11.0. The van der Waals surface area contributed by atoms with Crippen molar-refractivity contribution in [1.82, 2.24) is 4.98 Å². The molecule has 2 rings (SSSR count). The summed E-state index contributed by atoms with van der Waals surface area (Å²) in [5.74, 6) is 0.130. The van der Waals surface area contributed by atoms with Gasteiger partial charge in [-0.05, 0) is 56.7 Å². The number of ether oxygens (including phenoxy) is 2. The van der Waals surface area contributed by atoms with Gasteiger partial charge in [0.15, 0.2) is 5.60 Å². The molecule has 7 nitrogen and oxygen atoms in total. The van der Waals surface area contributed by atoms with E-state index in [1.807, 2.05) is 24.3 Å². The minimum Gasteiger partial charge on any atom is -0.476 e. The van der Waals surface area contributed by atoms with Gasteiger partial charge in [0.25, 0.3) is 0 Å². The van der Waals surface area contributed by atoms with Crippen LogP contribution in [0.2, 0.25) is 0 Å². The maximum absolute atomic E-state index is 11.9. The van der Waals surface area contributed by atoms with Crippen LogP contribution in [0.3, 0.4) is 0 Å². The molecule has 2 aromatic rings. The Hall–Kier alpha value is -2.96. The highest BCUT2D eigenvalue weighted by Crippen LogP contribution is 2.24. The van der Waals surface area contributed by atoms with Gasteiger partial charge in [-0.2, -0.15) is 0 Å². The third-order valence-corrected chi connectivity index (χ3v) is 3.70. The lowest BCUT2D eigenvalue weighted by Gasteiger charge is -2.24. The van der Waals surface area contributed by atoms with Crippen molar-refractivity contribution < 1.29 is 19.2 Å². The summed E-state index contributed by atoms with van der Waals surface area (Å²) in [4.78, 5) is 26.3. The summed E-state index contributed by atoms with van der Waals surface area (Å²) in [6.45, 7) is 5.25. The van der Waals surface area contributed by atoms with Crippen LogP contribution in [0.4, 0.5) is 0 Å². The molecular weight excluding hydrogens is 336 g/mol. The predicted octanol–water partition coefficient (Wildman–Crippen LogP) is 3.29. The van der Waals surface area contributed by atoms with Crippen molar-refractivity contribution in [1.29, 1.82) is 0 Å². The maximum Gasteiger partial charge on any atom is 0.349 e. The Kier molecular flexibility index (Phi) is 6.27. The number of hydrogen-bond acceptors (Lipinski definition) is 6. The minimum atomic E-state index is -1.07. The molecule has 0 fully saturated rings. The van der Waals surface area contributed by atoms with E-state index >= 15 is 0 Å². The number of carbonyl (C=O) groups is 1. The van der Waals surface area contributed by atoms with Crippen LogP contribution in [0.15, 0.2) is 42.6 Å². The quantitative estimate of drug-likeness (QED) is 0.408. The van der Waals surface area contributed by atoms with Gasteiger partial charge >= 0.3 is 5.97 Å². The number of esters is 1. The topological polar surface area (TPSA) is 91.6 Å². The molecule has 0 saturated carbocycles. The monoisotopic (exact) mass is 358 g/mol. The van der Waals surface area contributed by atoms with Gasteiger partial charge in [-0.3, -0.25) is 15.1 Å². The standard InChI is InChI=1S/C19H22N2O5/c1-4-25-18(22)19(2,3)26-16-8-6-15(7-9-16)17-10-5-14(13-20-17)11-12-21(23)24/h5-10,13H,4,11-12H2,1-3H3. The molecule has 1 heterocycles. The fraction of sp³-hybridized carbons (Fsp3) is 0.368. The largest absolute Gasteiger partial charge is 0.476 e. The predicted molar refractivity (Wildman–Crippen MR) is 96.6 cm³/mol. The lowest BCUT2D eigenvalue weighted by molar-refractivity contribution is -0.479. The van der Waals surface area contributed by atoms with Crippen LogP contribution < -0.4 is 4.74 Å². The summed E-state index contributed by atoms with van der Waals surface area (Å²) in [5, 5.41) is 10.4. The van der Waals surface area contributed by atoms with Gasteiger partial charge < -0.3 is 9.47 Å². The molecule has 1 aromatic heterocycles. The number of pyridine rings is 1. The molecule has 0 atom stereocenters. The van der Waals surface area contributed by atoms with Crippen LogP contribution in [0.5, 0.6) is 5.75 Å². The summed E-state index contributed by atoms with van der Waals surface area (Å²) in [5.41, 5.74) is 1.38. The molecule has 7 heteroatoms. The molecule has 0 spiro atoms. The first kappa shape index (κ1) is 19.4. The van der Waals surface area contributed by atoms with E-state index in [0.29, 0.717) is 18.8 Å². The van der Waals surface area contributed by atoms with E-state index in [9.17, 15) is 14.9 Å². The second-order valence-electron chi connectivity index (χ2n) is 6.22.